The highest BCUT2D eigenvalue weighted by Crippen LogP contribution is 2.35. The molecule has 2 aromatic heterocycles. The summed E-state index contributed by atoms with van der Waals surface area (Å²) in [6, 6.07) is 22.3. The summed E-state index contributed by atoms with van der Waals surface area (Å²) in [5.74, 6) is 3.59. The summed E-state index contributed by atoms with van der Waals surface area (Å²) in [4.78, 5) is 11.8. The zero-order valence-electron chi connectivity index (χ0n) is 15.5. The summed E-state index contributed by atoms with van der Waals surface area (Å²) in [6.07, 6.45) is 1.01. The normalized spacial score (nSPS) is 12.8. The number of benzene rings is 2. The summed E-state index contributed by atoms with van der Waals surface area (Å²) in [7, 11) is 0. The van der Waals surface area contributed by atoms with Crippen LogP contribution in [0.15, 0.2) is 71.3 Å². The van der Waals surface area contributed by atoms with Crippen molar-refractivity contribution in [1.29, 1.82) is 0 Å². The van der Waals surface area contributed by atoms with Crippen LogP contribution in [0.4, 0.5) is 23.1 Å². The van der Waals surface area contributed by atoms with Gasteiger partial charge in [0.1, 0.15) is 17.4 Å². The molecule has 28 heavy (non-hydrogen) atoms. The van der Waals surface area contributed by atoms with Gasteiger partial charge in [-0.15, -0.1) is 0 Å². The second kappa shape index (κ2) is 6.81. The lowest BCUT2D eigenvalue weighted by molar-refractivity contribution is 0.400. The standard InChI is InChI=1S/C22H19N5O/c1-15-13-20(26-28-15)23-19-14-21(25-22(24-19)17-8-3-2-4-9-17)27-12-11-16-7-5-6-10-18(16)27/h2-10,13-14H,11-12H2,1H3,(H,23,24,25,26). The topological polar surface area (TPSA) is 67.1 Å². The van der Waals surface area contributed by atoms with Gasteiger partial charge < -0.3 is 14.7 Å². The Morgan fingerprint density at radius 1 is 0.929 bits per heavy atom. The Balaban J connectivity index is 1.59. The Morgan fingerprint density at radius 3 is 2.57 bits per heavy atom. The van der Waals surface area contributed by atoms with Gasteiger partial charge in [0.05, 0.1) is 0 Å². The van der Waals surface area contributed by atoms with E-state index in [0.29, 0.717) is 17.5 Å². The Kier molecular flexibility index (Phi) is 4.01. The van der Waals surface area contributed by atoms with E-state index < -0.39 is 0 Å². The second-order valence-electron chi connectivity index (χ2n) is 6.78. The molecule has 1 aliphatic rings. The third-order valence-electron chi connectivity index (χ3n) is 4.79. The molecule has 6 nitrogen and oxygen atoms in total. The zero-order valence-corrected chi connectivity index (χ0v) is 15.5. The number of rotatable bonds is 4. The molecule has 6 heteroatoms. The van der Waals surface area contributed by atoms with E-state index in [1.165, 1.54) is 11.3 Å². The number of nitrogens with zero attached hydrogens (tertiary/aromatic N) is 4. The molecular weight excluding hydrogens is 350 g/mol. The predicted molar refractivity (Wildman–Crippen MR) is 109 cm³/mol. The average molecular weight is 369 g/mol. The van der Waals surface area contributed by atoms with E-state index >= 15 is 0 Å². The number of anilines is 4. The Bertz CT molecular complexity index is 1120. The first-order chi connectivity index (χ1) is 13.8. The van der Waals surface area contributed by atoms with Gasteiger partial charge in [0.2, 0.25) is 0 Å². The van der Waals surface area contributed by atoms with Crippen molar-refractivity contribution in [3.8, 4) is 11.4 Å². The van der Waals surface area contributed by atoms with Gasteiger partial charge in [0.15, 0.2) is 11.6 Å². The molecule has 5 rings (SSSR count). The van der Waals surface area contributed by atoms with E-state index in [0.717, 1.165) is 30.1 Å². The van der Waals surface area contributed by atoms with Crippen molar-refractivity contribution in [2.45, 2.75) is 13.3 Å². The van der Waals surface area contributed by atoms with E-state index in [9.17, 15) is 0 Å². The maximum Gasteiger partial charge on any atom is 0.175 e. The lowest BCUT2D eigenvalue weighted by atomic mass is 10.2. The van der Waals surface area contributed by atoms with Gasteiger partial charge in [0, 0.05) is 29.9 Å². The third kappa shape index (κ3) is 3.09. The number of hydrogen-bond donors (Lipinski definition) is 1. The highest BCUT2D eigenvalue weighted by atomic mass is 16.5. The minimum absolute atomic E-state index is 0.628. The van der Waals surface area contributed by atoms with Crippen molar-refractivity contribution in [1.82, 2.24) is 15.1 Å². The molecule has 0 amide bonds. The third-order valence-corrected chi connectivity index (χ3v) is 4.79. The van der Waals surface area contributed by atoms with Crippen LogP contribution in [0.25, 0.3) is 11.4 Å². The van der Waals surface area contributed by atoms with Crippen LogP contribution in [0.5, 0.6) is 0 Å². The van der Waals surface area contributed by atoms with Gasteiger partial charge >= 0.3 is 0 Å². The van der Waals surface area contributed by atoms with Crippen molar-refractivity contribution < 1.29 is 4.52 Å². The number of fused-ring (bicyclic) bond motifs is 1. The molecule has 0 saturated heterocycles. The molecular formula is C22H19N5O. The van der Waals surface area contributed by atoms with Crippen LogP contribution in [-0.2, 0) is 6.42 Å². The van der Waals surface area contributed by atoms with Crippen LogP contribution in [0.3, 0.4) is 0 Å². The number of nitrogens with one attached hydrogen (secondary N) is 1. The molecule has 0 radical (unpaired) electrons. The number of para-hydroxylation sites is 1. The average Bonchev–Trinajstić information content (AvgIpc) is 3.34. The van der Waals surface area contributed by atoms with Crippen LogP contribution in [0.2, 0.25) is 0 Å². The van der Waals surface area contributed by atoms with Crippen molar-refractivity contribution in [3.05, 3.63) is 78.1 Å². The van der Waals surface area contributed by atoms with E-state index in [1.807, 2.05) is 49.4 Å². The van der Waals surface area contributed by atoms with Crippen LogP contribution in [-0.4, -0.2) is 21.7 Å². The highest BCUT2D eigenvalue weighted by molar-refractivity contribution is 5.72. The molecule has 3 heterocycles. The Hall–Kier alpha value is -3.67. The molecule has 1 aliphatic heterocycles. The van der Waals surface area contributed by atoms with Gasteiger partial charge in [0.25, 0.3) is 0 Å². The summed E-state index contributed by atoms with van der Waals surface area (Å²) < 4.78 is 5.16. The monoisotopic (exact) mass is 369 g/mol. The first kappa shape index (κ1) is 16.5. The molecule has 0 aliphatic carbocycles. The molecule has 2 aromatic carbocycles. The summed E-state index contributed by atoms with van der Waals surface area (Å²) in [5, 5.41) is 7.26. The summed E-state index contributed by atoms with van der Waals surface area (Å²) in [6.45, 7) is 2.76. The van der Waals surface area contributed by atoms with E-state index in [1.54, 1.807) is 0 Å². The largest absolute Gasteiger partial charge is 0.360 e. The molecule has 1 N–H and O–H groups in total. The minimum atomic E-state index is 0.628. The van der Waals surface area contributed by atoms with Gasteiger partial charge in [-0.05, 0) is 25.0 Å². The molecule has 0 bridgehead atoms. The number of hydrogen-bond acceptors (Lipinski definition) is 6. The molecule has 4 aromatic rings. The smallest absolute Gasteiger partial charge is 0.175 e. The van der Waals surface area contributed by atoms with Crippen molar-refractivity contribution >= 4 is 23.1 Å². The fourth-order valence-corrected chi connectivity index (χ4v) is 3.49. The molecule has 0 saturated carbocycles. The first-order valence-corrected chi connectivity index (χ1v) is 9.26. The molecule has 138 valence electrons. The maximum absolute atomic E-state index is 5.16. The Morgan fingerprint density at radius 2 is 1.75 bits per heavy atom. The minimum Gasteiger partial charge on any atom is -0.360 e. The van der Waals surface area contributed by atoms with Gasteiger partial charge in [-0.25, -0.2) is 9.97 Å². The van der Waals surface area contributed by atoms with E-state index in [2.05, 4.69) is 39.6 Å². The fourth-order valence-electron chi connectivity index (χ4n) is 3.49. The molecule has 0 spiro atoms. The molecule has 0 atom stereocenters. The van der Waals surface area contributed by atoms with Crippen molar-refractivity contribution in [3.63, 3.8) is 0 Å². The van der Waals surface area contributed by atoms with Crippen LogP contribution >= 0.6 is 0 Å². The summed E-state index contributed by atoms with van der Waals surface area (Å²) in [5.41, 5.74) is 3.50. The number of aryl methyl sites for hydroxylation is 1. The zero-order chi connectivity index (χ0) is 18.9. The summed E-state index contributed by atoms with van der Waals surface area (Å²) >= 11 is 0. The maximum atomic E-state index is 5.16. The molecule has 0 unspecified atom stereocenters. The Labute approximate surface area is 162 Å². The van der Waals surface area contributed by atoms with Crippen LogP contribution in [0, 0.1) is 6.92 Å². The highest BCUT2D eigenvalue weighted by Gasteiger charge is 2.22. The SMILES string of the molecule is Cc1cc(Nc2cc(N3CCc4ccccc43)nc(-c3ccccc3)n2)no1. The van der Waals surface area contributed by atoms with Crippen LogP contribution in [0.1, 0.15) is 11.3 Å². The van der Waals surface area contributed by atoms with Crippen LogP contribution < -0.4 is 10.2 Å². The van der Waals surface area contributed by atoms with Crippen molar-refractivity contribution in [2.75, 3.05) is 16.8 Å². The lowest BCUT2D eigenvalue weighted by Crippen LogP contribution is -2.16. The lowest BCUT2D eigenvalue weighted by Gasteiger charge is -2.20. The number of aromatic nitrogens is 3. The van der Waals surface area contributed by atoms with Gasteiger partial charge in [-0.1, -0.05) is 53.7 Å². The van der Waals surface area contributed by atoms with E-state index in [4.69, 9.17) is 14.5 Å². The fraction of sp³-hybridized carbons (Fsp3) is 0.136. The van der Waals surface area contributed by atoms with Crippen molar-refractivity contribution in [2.24, 2.45) is 0 Å². The predicted octanol–water partition coefficient (Wildman–Crippen LogP) is 4.88. The quantitative estimate of drug-likeness (QED) is 0.553. The van der Waals surface area contributed by atoms with E-state index in [-0.39, 0.29) is 0 Å². The van der Waals surface area contributed by atoms with Gasteiger partial charge in [-0.2, -0.15) is 0 Å². The molecule has 0 fully saturated rings. The first-order valence-electron chi connectivity index (χ1n) is 9.26. The second-order valence-corrected chi connectivity index (χ2v) is 6.78. The van der Waals surface area contributed by atoms with Gasteiger partial charge in [-0.3, -0.25) is 0 Å².